The van der Waals surface area contributed by atoms with Gasteiger partial charge in [-0.15, -0.1) is 5.10 Å². The van der Waals surface area contributed by atoms with E-state index in [-0.39, 0.29) is 23.7 Å². The van der Waals surface area contributed by atoms with Gasteiger partial charge in [-0.25, -0.2) is 4.68 Å². The number of aromatic hydroxyl groups is 1. The molecule has 146 valence electrons. The van der Waals surface area contributed by atoms with Crippen LogP contribution in [0.15, 0.2) is 24.3 Å². The van der Waals surface area contributed by atoms with Gasteiger partial charge in [0, 0.05) is 25.3 Å². The second-order valence-electron chi connectivity index (χ2n) is 7.02. The normalized spacial score (nSPS) is 15.7. The number of phenolic OH excluding ortho intramolecular Hbond substituents is 1. The molecule has 1 aromatic carbocycles. The topological polar surface area (TPSA) is 98.5 Å². The Morgan fingerprint density at radius 3 is 2.63 bits per heavy atom. The highest BCUT2D eigenvalue weighted by atomic mass is 16.5. The molecule has 27 heavy (non-hydrogen) atoms. The molecule has 0 atom stereocenters. The first-order valence-corrected chi connectivity index (χ1v) is 9.20. The molecule has 1 aromatic heterocycles. The van der Waals surface area contributed by atoms with Crippen molar-refractivity contribution in [3.05, 3.63) is 24.3 Å². The highest BCUT2D eigenvalue weighted by Crippen LogP contribution is 2.24. The fourth-order valence-electron chi connectivity index (χ4n) is 2.96. The van der Waals surface area contributed by atoms with Crippen molar-refractivity contribution in [3.8, 4) is 17.1 Å². The minimum atomic E-state index is -1.00. The summed E-state index contributed by atoms with van der Waals surface area (Å²) in [7, 11) is 0. The average molecular weight is 374 g/mol. The quantitative estimate of drug-likeness (QED) is 0.806. The maximum atomic E-state index is 12.7. The summed E-state index contributed by atoms with van der Waals surface area (Å²) in [6.07, 6.45) is 1.57. The molecule has 8 heteroatoms. The van der Waals surface area contributed by atoms with Crippen molar-refractivity contribution in [1.29, 1.82) is 0 Å². The maximum absolute atomic E-state index is 12.7. The molecule has 1 saturated heterocycles. The zero-order valence-corrected chi connectivity index (χ0v) is 15.9. The molecule has 1 fully saturated rings. The highest BCUT2D eigenvalue weighted by Gasteiger charge is 2.33. The van der Waals surface area contributed by atoms with E-state index in [1.807, 2.05) is 6.92 Å². The van der Waals surface area contributed by atoms with Crippen LogP contribution in [0.3, 0.4) is 0 Å². The van der Waals surface area contributed by atoms with E-state index >= 15 is 0 Å². The number of ether oxygens (including phenoxy) is 2. The summed E-state index contributed by atoms with van der Waals surface area (Å²) < 4.78 is 13.0. The average Bonchev–Trinajstić information content (AvgIpc) is 3.05. The fraction of sp³-hybridized carbons (Fsp3) is 0.526. The largest absolute Gasteiger partial charge is 0.508 e. The van der Waals surface area contributed by atoms with Gasteiger partial charge in [0.2, 0.25) is 5.95 Å². The van der Waals surface area contributed by atoms with E-state index in [1.54, 1.807) is 42.8 Å². The number of hydrogen-bond donors (Lipinski definition) is 2. The smallest absolute Gasteiger partial charge is 0.258 e. The van der Waals surface area contributed by atoms with Crippen molar-refractivity contribution in [3.63, 3.8) is 0 Å². The van der Waals surface area contributed by atoms with Crippen LogP contribution in [-0.4, -0.2) is 50.7 Å². The van der Waals surface area contributed by atoms with E-state index in [1.165, 1.54) is 0 Å². The molecule has 3 rings (SSSR count). The highest BCUT2D eigenvalue weighted by molar-refractivity contribution is 5.95. The Kier molecular flexibility index (Phi) is 5.76. The lowest BCUT2D eigenvalue weighted by Crippen LogP contribution is -2.44. The summed E-state index contributed by atoms with van der Waals surface area (Å²) >= 11 is 0. The number of rotatable bonds is 6. The molecule has 0 radical (unpaired) electrons. The number of amides is 1. The Morgan fingerprint density at radius 1 is 1.33 bits per heavy atom. The summed E-state index contributed by atoms with van der Waals surface area (Å²) in [5.41, 5.74) is -0.196. The van der Waals surface area contributed by atoms with E-state index in [0.29, 0.717) is 25.6 Å². The monoisotopic (exact) mass is 374 g/mol. The molecule has 1 amide bonds. The minimum absolute atomic E-state index is 0.00761. The fourth-order valence-corrected chi connectivity index (χ4v) is 2.96. The molecule has 8 nitrogen and oxygen atoms in total. The van der Waals surface area contributed by atoms with Crippen LogP contribution in [-0.2, 0) is 20.8 Å². The van der Waals surface area contributed by atoms with Gasteiger partial charge in [-0.1, -0.05) is 0 Å². The number of phenols is 1. The van der Waals surface area contributed by atoms with E-state index in [2.05, 4.69) is 15.4 Å². The summed E-state index contributed by atoms with van der Waals surface area (Å²) in [4.78, 5) is 17.2. The minimum Gasteiger partial charge on any atom is -0.508 e. The SMILES string of the molecule is CCn1nc(NC(=O)C(C)(C)OC2CCOCC2)nc1-c1ccc(O)cc1. The number of carbonyl (C=O) groups excluding carboxylic acids is 1. The molecule has 1 aliphatic heterocycles. The van der Waals surface area contributed by atoms with Gasteiger partial charge < -0.3 is 14.6 Å². The second-order valence-corrected chi connectivity index (χ2v) is 7.02. The molecule has 2 heterocycles. The number of nitrogens with zero attached hydrogens (tertiary/aromatic N) is 3. The second kappa shape index (κ2) is 8.06. The molecule has 0 aliphatic carbocycles. The number of hydrogen-bond acceptors (Lipinski definition) is 6. The number of aromatic nitrogens is 3. The first-order valence-electron chi connectivity index (χ1n) is 9.20. The lowest BCUT2D eigenvalue weighted by molar-refractivity contribution is -0.151. The zero-order chi connectivity index (χ0) is 19.4. The molecular weight excluding hydrogens is 348 g/mol. The van der Waals surface area contributed by atoms with Crippen molar-refractivity contribution in [2.24, 2.45) is 0 Å². The van der Waals surface area contributed by atoms with E-state index in [9.17, 15) is 9.90 Å². The van der Waals surface area contributed by atoms with Crippen molar-refractivity contribution in [2.75, 3.05) is 18.5 Å². The van der Waals surface area contributed by atoms with Crippen molar-refractivity contribution >= 4 is 11.9 Å². The predicted octanol–water partition coefficient (Wildman–Crippen LogP) is 2.58. The zero-order valence-electron chi connectivity index (χ0n) is 15.9. The van der Waals surface area contributed by atoms with Crippen LogP contribution in [0.5, 0.6) is 5.75 Å². The maximum Gasteiger partial charge on any atom is 0.258 e. The van der Waals surface area contributed by atoms with Crippen LogP contribution in [0.25, 0.3) is 11.4 Å². The lowest BCUT2D eigenvalue weighted by atomic mass is 10.1. The lowest BCUT2D eigenvalue weighted by Gasteiger charge is -2.31. The van der Waals surface area contributed by atoms with Gasteiger partial charge in [0.15, 0.2) is 5.82 Å². The van der Waals surface area contributed by atoms with Gasteiger partial charge in [-0.2, -0.15) is 4.98 Å². The van der Waals surface area contributed by atoms with Gasteiger partial charge in [0.25, 0.3) is 5.91 Å². The van der Waals surface area contributed by atoms with Crippen molar-refractivity contribution < 1.29 is 19.4 Å². The Balaban J connectivity index is 1.72. The third-order valence-corrected chi connectivity index (χ3v) is 4.50. The molecule has 0 unspecified atom stereocenters. The number of aryl methyl sites for hydroxylation is 1. The van der Waals surface area contributed by atoms with Gasteiger partial charge in [-0.05, 0) is 57.9 Å². The molecule has 0 saturated carbocycles. The molecule has 2 N–H and O–H groups in total. The van der Waals surface area contributed by atoms with E-state index < -0.39 is 5.60 Å². The third-order valence-electron chi connectivity index (χ3n) is 4.50. The van der Waals surface area contributed by atoms with Crippen molar-refractivity contribution in [2.45, 2.75) is 51.9 Å². The summed E-state index contributed by atoms with van der Waals surface area (Å²) in [5, 5.41) is 16.6. The Morgan fingerprint density at radius 2 is 2.00 bits per heavy atom. The Bertz CT molecular complexity index is 780. The first kappa shape index (κ1) is 19.3. The van der Waals surface area contributed by atoms with Crippen LogP contribution in [0.4, 0.5) is 5.95 Å². The van der Waals surface area contributed by atoms with Gasteiger partial charge in [-0.3, -0.25) is 10.1 Å². The van der Waals surface area contributed by atoms with Gasteiger partial charge in [0.1, 0.15) is 11.4 Å². The van der Waals surface area contributed by atoms with Crippen LogP contribution in [0.2, 0.25) is 0 Å². The number of nitrogens with one attached hydrogen (secondary N) is 1. The summed E-state index contributed by atoms with van der Waals surface area (Å²) in [6, 6.07) is 6.70. The predicted molar refractivity (Wildman–Crippen MR) is 100 cm³/mol. The van der Waals surface area contributed by atoms with Gasteiger partial charge in [0.05, 0.1) is 6.10 Å². The molecule has 0 spiro atoms. The van der Waals surface area contributed by atoms with E-state index in [0.717, 1.165) is 18.4 Å². The summed E-state index contributed by atoms with van der Waals surface area (Å²) in [6.45, 7) is 7.34. The Hall–Kier alpha value is -2.45. The van der Waals surface area contributed by atoms with Crippen LogP contribution < -0.4 is 5.32 Å². The molecule has 0 bridgehead atoms. The molecule has 1 aliphatic rings. The first-order chi connectivity index (χ1) is 12.9. The standard InChI is InChI=1S/C19H26N4O4/c1-4-23-16(13-5-7-14(24)8-6-13)20-18(22-23)21-17(25)19(2,3)27-15-9-11-26-12-10-15/h5-8,15,24H,4,9-12H2,1-3H3,(H,21,22,25). The summed E-state index contributed by atoms with van der Waals surface area (Å²) in [5.74, 6) is 0.742. The van der Waals surface area contributed by atoms with Crippen LogP contribution in [0, 0.1) is 0 Å². The molecular formula is C19H26N4O4. The number of benzene rings is 1. The van der Waals surface area contributed by atoms with Gasteiger partial charge >= 0.3 is 0 Å². The third kappa shape index (κ3) is 4.64. The van der Waals surface area contributed by atoms with Crippen LogP contribution in [0.1, 0.15) is 33.6 Å². The van der Waals surface area contributed by atoms with Crippen LogP contribution >= 0.6 is 0 Å². The molecule has 2 aromatic rings. The number of carbonyl (C=O) groups is 1. The van der Waals surface area contributed by atoms with Crippen molar-refractivity contribution in [1.82, 2.24) is 14.8 Å². The van der Waals surface area contributed by atoms with E-state index in [4.69, 9.17) is 9.47 Å². The Labute approximate surface area is 158 Å². The number of anilines is 1.